The van der Waals surface area contributed by atoms with Crippen LogP contribution >= 0.6 is 11.8 Å². The van der Waals surface area contributed by atoms with Gasteiger partial charge in [-0.2, -0.15) is 0 Å². The molecule has 1 aromatic heterocycles. The van der Waals surface area contributed by atoms with Crippen molar-refractivity contribution in [2.24, 2.45) is 0 Å². The third kappa shape index (κ3) is 8.78. The number of esters is 1. The van der Waals surface area contributed by atoms with Crippen molar-refractivity contribution in [2.75, 3.05) is 24.5 Å². The number of hydrogen-bond donors (Lipinski definition) is 1. The van der Waals surface area contributed by atoms with Crippen molar-refractivity contribution in [3.8, 4) is 0 Å². The number of aromatic nitrogens is 1. The molecule has 17 nitrogen and oxygen atoms in total. The fourth-order valence-electron chi connectivity index (χ4n) is 7.25. The lowest BCUT2D eigenvalue weighted by molar-refractivity contribution is -0.385. The number of carbonyl (C=O) groups is 4. The Kier molecular flexibility index (Phi) is 11.4. The number of benzene rings is 3. The van der Waals surface area contributed by atoms with E-state index in [0.29, 0.717) is 29.6 Å². The molecule has 7 rings (SSSR count). The number of pyridine rings is 1. The van der Waals surface area contributed by atoms with Gasteiger partial charge in [-0.25, -0.2) is 14.0 Å². The first-order valence-electron chi connectivity index (χ1n) is 18.4. The second kappa shape index (κ2) is 16.6. The Morgan fingerprint density at radius 3 is 2.10 bits per heavy atom. The SMILES string of the molecule is CC(=O)S[C@H]1C[C@@H](C(=O)N[C@H]2CCN(c3cc4c(cc3F)c(=O)c(C(=O)OCc3ccc([N+](=O)[O-])cc3)cn4C3CC3)C2)N(C(=O)OCc2ccc([N+](=O)[O-])cc2)C1. The number of rotatable bonds is 12. The maximum Gasteiger partial charge on any atom is 0.410 e. The molecule has 302 valence electrons. The van der Waals surface area contributed by atoms with E-state index in [-0.39, 0.29) is 77.1 Å². The van der Waals surface area contributed by atoms with Crippen LogP contribution in [0.5, 0.6) is 0 Å². The number of hydrogen-bond acceptors (Lipinski definition) is 13. The molecule has 1 N–H and O–H groups in total. The van der Waals surface area contributed by atoms with E-state index < -0.39 is 51.1 Å². The number of nitrogens with zero attached hydrogens (tertiary/aromatic N) is 5. The number of thioether (sulfide) groups is 1. The summed E-state index contributed by atoms with van der Waals surface area (Å²) in [6, 6.07) is 12.2. The zero-order valence-corrected chi connectivity index (χ0v) is 31.9. The van der Waals surface area contributed by atoms with Crippen molar-refractivity contribution in [1.82, 2.24) is 14.8 Å². The highest BCUT2D eigenvalue weighted by atomic mass is 32.2. The van der Waals surface area contributed by atoms with Gasteiger partial charge in [0.1, 0.15) is 30.6 Å². The van der Waals surface area contributed by atoms with Crippen LogP contribution in [0.25, 0.3) is 10.9 Å². The molecule has 2 saturated heterocycles. The van der Waals surface area contributed by atoms with E-state index in [4.69, 9.17) is 9.47 Å². The van der Waals surface area contributed by atoms with Crippen LogP contribution in [0.2, 0.25) is 0 Å². The minimum atomic E-state index is -0.948. The molecule has 3 fully saturated rings. The van der Waals surface area contributed by atoms with Crippen molar-refractivity contribution in [3.05, 3.63) is 120 Å². The van der Waals surface area contributed by atoms with Crippen LogP contribution < -0.4 is 15.6 Å². The predicted molar refractivity (Wildman–Crippen MR) is 208 cm³/mol. The van der Waals surface area contributed by atoms with Crippen LogP contribution in [-0.2, 0) is 32.3 Å². The molecule has 1 aliphatic carbocycles. The van der Waals surface area contributed by atoms with Crippen LogP contribution in [0.3, 0.4) is 0 Å². The molecule has 3 atom stereocenters. The third-order valence-corrected chi connectivity index (χ3v) is 11.3. The van der Waals surface area contributed by atoms with E-state index in [1.807, 2.05) is 0 Å². The third-order valence-electron chi connectivity index (χ3n) is 10.3. The molecule has 4 aromatic rings. The largest absolute Gasteiger partial charge is 0.457 e. The lowest BCUT2D eigenvalue weighted by Gasteiger charge is -2.25. The van der Waals surface area contributed by atoms with Gasteiger partial charge in [0.05, 0.1) is 21.1 Å². The van der Waals surface area contributed by atoms with Gasteiger partial charge in [0.15, 0.2) is 5.12 Å². The number of carbonyl (C=O) groups excluding carboxylic acids is 4. The summed E-state index contributed by atoms with van der Waals surface area (Å²) in [6.45, 7) is 1.65. The van der Waals surface area contributed by atoms with Gasteiger partial charge >= 0.3 is 12.1 Å². The summed E-state index contributed by atoms with van der Waals surface area (Å²) in [6.07, 6.45) is 2.86. The standard InChI is InChI=1S/C39H37FN6O11S/c1-22(47)58-29-14-35(44(18-29)39(51)57-21-24-4-8-28(9-5-24)46(54)55)37(49)41-25-12-13-42(17-25)34-16-33-30(15-32(34)40)36(48)31(19-43(33)26-10-11-26)38(50)56-20-23-2-6-27(7-3-23)45(52)53/h2-9,15-16,19,25-26,29,35H,10-14,17-18,20-21H2,1H3,(H,41,49)/t25-,29-,35-/m0/s1. The van der Waals surface area contributed by atoms with Crippen LogP contribution in [-0.4, -0.2) is 79.4 Å². The molecule has 19 heteroatoms. The van der Waals surface area contributed by atoms with Gasteiger partial charge in [-0.1, -0.05) is 11.8 Å². The van der Waals surface area contributed by atoms with Gasteiger partial charge in [-0.15, -0.1) is 0 Å². The Bertz CT molecular complexity index is 2370. The van der Waals surface area contributed by atoms with E-state index in [1.54, 1.807) is 15.5 Å². The van der Waals surface area contributed by atoms with Crippen LogP contribution in [0.15, 0.2) is 71.7 Å². The average Bonchev–Trinajstić information content (AvgIpc) is 3.79. The molecule has 1 saturated carbocycles. The van der Waals surface area contributed by atoms with Crippen molar-refractivity contribution in [1.29, 1.82) is 0 Å². The average molecular weight is 817 g/mol. The second-order valence-corrected chi connectivity index (χ2v) is 15.9. The molecule has 0 radical (unpaired) electrons. The number of nitrogens with one attached hydrogen (secondary N) is 1. The van der Waals surface area contributed by atoms with Gasteiger partial charge in [0.2, 0.25) is 11.3 Å². The number of halogens is 1. The number of fused-ring (bicyclic) bond motifs is 1. The Morgan fingerprint density at radius 1 is 0.897 bits per heavy atom. The Hall–Kier alpha value is -6.37. The molecule has 0 bridgehead atoms. The van der Waals surface area contributed by atoms with Crippen molar-refractivity contribution < 1.29 is 42.9 Å². The zero-order chi connectivity index (χ0) is 41.2. The number of nitro benzene ring substituents is 2. The first-order chi connectivity index (χ1) is 27.7. The number of ether oxygens (including phenoxy) is 2. The summed E-state index contributed by atoms with van der Waals surface area (Å²) in [5.41, 5.74) is 0.430. The van der Waals surface area contributed by atoms with E-state index >= 15 is 4.39 Å². The lowest BCUT2D eigenvalue weighted by atomic mass is 10.1. The fourth-order valence-corrected chi connectivity index (χ4v) is 8.23. The Labute approximate surface area is 333 Å². The molecule has 2 aliphatic heterocycles. The summed E-state index contributed by atoms with van der Waals surface area (Å²) in [5, 5.41) is 24.4. The van der Waals surface area contributed by atoms with Crippen LogP contribution in [0, 0.1) is 26.0 Å². The summed E-state index contributed by atoms with van der Waals surface area (Å²) >= 11 is 1.03. The topological polar surface area (TPSA) is 214 Å². The Balaban J connectivity index is 1.03. The monoisotopic (exact) mass is 816 g/mol. The minimum Gasteiger partial charge on any atom is -0.457 e. The maximum absolute atomic E-state index is 15.9. The van der Waals surface area contributed by atoms with Gasteiger partial charge in [-0.3, -0.25) is 39.5 Å². The van der Waals surface area contributed by atoms with E-state index in [2.05, 4.69) is 5.32 Å². The molecule has 3 aliphatic rings. The first-order valence-corrected chi connectivity index (χ1v) is 19.3. The number of anilines is 1. The molecule has 0 spiro atoms. The van der Waals surface area contributed by atoms with E-state index in [0.717, 1.165) is 30.7 Å². The fraction of sp³-hybridized carbons (Fsp3) is 0.359. The highest BCUT2D eigenvalue weighted by Gasteiger charge is 2.42. The summed E-state index contributed by atoms with van der Waals surface area (Å²) in [4.78, 5) is 89.5. The molecule has 2 amide bonds. The zero-order valence-electron chi connectivity index (χ0n) is 31.0. The molecular formula is C39H37FN6O11S. The smallest absolute Gasteiger partial charge is 0.410 e. The van der Waals surface area contributed by atoms with Crippen LogP contribution in [0.4, 0.5) is 26.2 Å². The minimum absolute atomic E-state index is 0.00163. The van der Waals surface area contributed by atoms with Crippen molar-refractivity contribution in [2.45, 2.75) is 69.2 Å². The molecular weight excluding hydrogens is 780 g/mol. The van der Waals surface area contributed by atoms with Gasteiger partial charge in [0.25, 0.3) is 11.4 Å². The van der Waals surface area contributed by atoms with Gasteiger partial charge in [-0.05, 0) is 73.2 Å². The van der Waals surface area contributed by atoms with E-state index in [9.17, 15) is 44.2 Å². The number of amides is 2. The van der Waals surface area contributed by atoms with Gasteiger partial charge < -0.3 is 24.3 Å². The van der Waals surface area contributed by atoms with Crippen LogP contribution in [0.1, 0.15) is 60.1 Å². The summed E-state index contributed by atoms with van der Waals surface area (Å²) < 4.78 is 28.5. The summed E-state index contributed by atoms with van der Waals surface area (Å²) in [5.74, 6) is -2.07. The second-order valence-electron chi connectivity index (χ2n) is 14.4. The first kappa shape index (κ1) is 39.8. The number of non-ortho nitro benzene ring substituents is 2. The quantitative estimate of drug-likeness (QED) is 0.108. The highest BCUT2D eigenvalue weighted by Crippen LogP contribution is 2.39. The normalized spacial score (nSPS) is 18.9. The molecule has 3 heterocycles. The molecule has 3 aromatic carbocycles. The highest BCUT2D eigenvalue weighted by molar-refractivity contribution is 8.14. The lowest BCUT2D eigenvalue weighted by Crippen LogP contribution is -2.49. The van der Waals surface area contributed by atoms with Gasteiger partial charge in [0, 0.05) is 79.7 Å². The number of likely N-dealkylation sites (tertiary alicyclic amines) is 1. The van der Waals surface area contributed by atoms with Crippen molar-refractivity contribution >= 4 is 62.8 Å². The Morgan fingerprint density at radius 2 is 1.52 bits per heavy atom. The number of nitro groups is 2. The summed E-state index contributed by atoms with van der Waals surface area (Å²) in [7, 11) is 0. The predicted octanol–water partition coefficient (Wildman–Crippen LogP) is 5.40. The van der Waals surface area contributed by atoms with E-state index in [1.165, 1.54) is 66.6 Å². The van der Waals surface area contributed by atoms with Crippen molar-refractivity contribution in [3.63, 3.8) is 0 Å². The maximum atomic E-state index is 15.9. The molecule has 0 unspecified atom stereocenters. The molecule has 58 heavy (non-hydrogen) atoms.